The number of nitrogens with zero attached hydrogens (tertiary/aromatic N) is 5. The number of carbonyl (C=O) groups excluding carboxylic acids is 1. The van der Waals surface area contributed by atoms with Gasteiger partial charge in [-0.2, -0.15) is 0 Å². The zero-order valence-electron chi connectivity index (χ0n) is 17.6. The minimum absolute atomic E-state index is 0.141. The number of thioether (sulfide) groups is 1. The predicted molar refractivity (Wildman–Crippen MR) is 119 cm³/mol. The molecular weight excluding hydrogens is 420 g/mol. The lowest BCUT2D eigenvalue weighted by Gasteiger charge is -2.11. The van der Waals surface area contributed by atoms with Gasteiger partial charge in [0, 0.05) is 13.0 Å². The maximum atomic E-state index is 12.3. The summed E-state index contributed by atoms with van der Waals surface area (Å²) < 4.78 is 7.90. The molecule has 1 aromatic carbocycles. The van der Waals surface area contributed by atoms with Crippen molar-refractivity contribution in [2.75, 3.05) is 11.1 Å². The molecule has 160 valence electrons. The fourth-order valence-electron chi connectivity index (χ4n) is 2.86. The maximum Gasteiger partial charge on any atom is 0.236 e. The van der Waals surface area contributed by atoms with Crippen LogP contribution in [0.4, 0.5) is 5.13 Å². The van der Waals surface area contributed by atoms with E-state index in [0.29, 0.717) is 23.4 Å². The normalized spacial score (nSPS) is 10.9. The summed E-state index contributed by atoms with van der Waals surface area (Å²) in [6, 6.07) is 6.08. The molecule has 0 radical (unpaired) electrons. The minimum atomic E-state index is -0.141. The number of nitrogens with one attached hydrogen (secondary N) is 1. The number of carbonyl (C=O) groups is 1. The van der Waals surface area contributed by atoms with E-state index < -0.39 is 0 Å². The van der Waals surface area contributed by atoms with E-state index in [1.807, 2.05) is 30.5 Å². The van der Waals surface area contributed by atoms with Crippen LogP contribution in [0.5, 0.6) is 5.75 Å². The Morgan fingerprint density at radius 1 is 1.20 bits per heavy atom. The predicted octanol–water partition coefficient (Wildman–Crippen LogP) is 4.03. The molecule has 10 heteroatoms. The van der Waals surface area contributed by atoms with E-state index in [0.717, 1.165) is 35.0 Å². The Morgan fingerprint density at radius 2 is 2.03 bits per heavy atom. The fourth-order valence-corrected chi connectivity index (χ4v) is 4.54. The van der Waals surface area contributed by atoms with Crippen LogP contribution < -0.4 is 10.1 Å². The van der Waals surface area contributed by atoms with Crippen LogP contribution in [0.3, 0.4) is 0 Å². The smallest absolute Gasteiger partial charge is 0.236 e. The molecule has 1 N–H and O–H groups in total. The summed E-state index contributed by atoms with van der Waals surface area (Å²) >= 11 is 2.75. The van der Waals surface area contributed by atoms with Gasteiger partial charge in [-0.1, -0.05) is 47.7 Å². The molecule has 3 aromatic rings. The quantitative estimate of drug-likeness (QED) is 0.470. The average Bonchev–Trinajstić information content (AvgIpc) is 3.32. The summed E-state index contributed by atoms with van der Waals surface area (Å²) in [4.78, 5) is 12.3. The zero-order chi connectivity index (χ0) is 21.5. The summed E-state index contributed by atoms with van der Waals surface area (Å²) in [6.45, 7) is 9.20. The van der Waals surface area contributed by atoms with Gasteiger partial charge in [-0.05, 0) is 38.8 Å². The molecule has 2 heterocycles. The highest BCUT2D eigenvalue weighted by Crippen LogP contribution is 2.22. The van der Waals surface area contributed by atoms with Gasteiger partial charge in [0.05, 0.1) is 5.75 Å². The first-order valence-electron chi connectivity index (χ1n) is 9.87. The number of aryl methyl sites for hydroxylation is 3. The van der Waals surface area contributed by atoms with Crippen molar-refractivity contribution in [2.24, 2.45) is 0 Å². The molecule has 0 aliphatic heterocycles. The van der Waals surface area contributed by atoms with E-state index >= 15 is 0 Å². The Kier molecular flexibility index (Phi) is 7.81. The second kappa shape index (κ2) is 10.5. The molecule has 0 fully saturated rings. The molecule has 0 aliphatic carbocycles. The highest BCUT2D eigenvalue weighted by Gasteiger charge is 2.15. The summed E-state index contributed by atoms with van der Waals surface area (Å²) in [5.41, 5.74) is 2.28. The molecule has 0 unspecified atom stereocenters. The number of benzene rings is 1. The molecule has 0 saturated carbocycles. The van der Waals surface area contributed by atoms with E-state index in [-0.39, 0.29) is 11.7 Å². The lowest BCUT2D eigenvalue weighted by Crippen LogP contribution is -2.14. The Bertz CT molecular complexity index is 1000. The van der Waals surface area contributed by atoms with Gasteiger partial charge in [-0.15, -0.1) is 20.4 Å². The topological polar surface area (TPSA) is 94.8 Å². The Hall–Kier alpha value is -2.46. The van der Waals surface area contributed by atoms with Gasteiger partial charge in [0.2, 0.25) is 11.0 Å². The minimum Gasteiger partial charge on any atom is -0.485 e. The van der Waals surface area contributed by atoms with Gasteiger partial charge in [0.25, 0.3) is 0 Å². The third-order valence-electron chi connectivity index (χ3n) is 4.31. The van der Waals surface area contributed by atoms with Gasteiger partial charge >= 0.3 is 0 Å². The highest BCUT2D eigenvalue weighted by molar-refractivity contribution is 7.99. The van der Waals surface area contributed by atoms with Crippen molar-refractivity contribution in [3.05, 3.63) is 40.2 Å². The Balaban J connectivity index is 1.56. The number of hydrogen-bond donors (Lipinski definition) is 1. The highest BCUT2D eigenvalue weighted by atomic mass is 32.2. The molecule has 0 aliphatic rings. The van der Waals surface area contributed by atoms with Crippen LogP contribution in [0.15, 0.2) is 23.4 Å². The summed E-state index contributed by atoms with van der Waals surface area (Å²) in [5, 5.41) is 21.5. The lowest BCUT2D eigenvalue weighted by atomic mass is 10.1. The van der Waals surface area contributed by atoms with Crippen LogP contribution in [-0.2, 0) is 24.4 Å². The third kappa shape index (κ3) is 5.79. The standard InChI is InChI=1S/C20H26N6O2S2/c1-5-7-18-23-24-19(30-18)21-17(27)12-29-20-25-22-16(26(20)6-2)11-28-15-9-8-13(3)10-14(15)4/h8-10H,5-7,11-12H2,1-4H3,(H,21,24,27). The summed E-state index contributed by atoms with van der Waals surface area (Å²) in [5.74, 6) is 1.64. The van der Waals surface area contributed by atoms with Crippen molar-refractivity contribution in [1.82, 2.24) is 25.0 Å². The first-order valence-corrected chi connectivity index (χ1v) is 11.7. The van der Waals surface area contributed by atoms with E-state index in [1.54, 1.807) is 0 Å². The van der Waals surface area contributed by atoms with Gasteiger partial charge in [-0.25, -0.2) is 0 Å². The molecule has 1 amide bonds. The number of ether oxygens (including phenoxy) is 1. The molecule has 8 nitrogen and oxygen atoms in total. The van der Waals surface area contributed by atoms with Crippen molar-refractivity contribution < 1.29 is 9.53 Å². The first kappa shape index (κ1) is 22.2. The first-order chi connectivity index (χ1) is 14.5. The number of aromatic nitrogens is 5. The molecule has 0 saturated heterocycles. The van der Waals surface area contributed by atoms with Crippen molar-refractivity contribution >= 4 is 34.1 Å². The van der Waals surface area contributed by atoms with Crippen LogP contribution in [-0.4, -0.2) is 36.6 Å². The number of anilines is 1. The summed E-state index contributed by atoms with van der Waals surface area (Å²) in [6.07, 6.45) is 1.87. The second-order valence-electron chi connectivity index (χ2n) is 6.79. The molecule has 2 aromatic heterocycles. The number of hydrogen-bond acceptors (Lipinski definition) is 8. The molecule has 0 spiro atoms. The SMILES string of the molecule is CCCc1nnc(NC(=O)CSc2nnc(COc3ccc(C)cc3C)n2CC)s1. The van der Waals surface area contributed by atoms with Crippen LogP contribution in [0.2, 0.25) is 0 Å². The van der Waals surface area contributed by atoms with Crippen LogP contribution in [0.1, 0.15) is 42.2 Å². The van der Waals surface area contributed by atoms with E-state index in [4.69, 9.17) is 4.74 Å². The van der Waals surface area contributed by atoms with E-state index in [2.05, 4.69) is 45.6 Å². The Labute approximate surface area is 184 Å². The van der Waals surface area contributed by atoms with Gasteiger partial charge in [-0.3, -0.25) is 10.1 Å². The van der Waals surface area contributed by atoms with Gasteiger partial charge < -0.3 is 9.30 Å². The second-order valence-corrected chi connectivity index (χ2v) is 8.79. The molecule has 0 bridgehead atoms. The molecule has 0 atom stereocenters. The van der Waals surface area contributed by atoms with Gasteiger partial charge in [0.15, 0.2) is 11.0 Å². The Morgan fingerprint density at radius 3 is 2.77 bits per heavy atom. The number of rotatable bonds is 10. The van der Waals surface area contributed by atoms with Crippen LogP contribution >= 0.6 is 23.1 Å². The lowest BCUT2D eigenvalue weighted by molar-refractivity contribution is -0.113. The van der Waals surface area contributed by atoms with Crippen LogP contribution in [0.25, 0.3) is 0 Å². The van der Waals surface area contributed by atoms with Gasteiger partial charge in [0.1, 0.15) is 17.4 Å². The number of amides is 1. The maximum absolute atomic E-state index is 12.3. The summed E-state index contributed by atoms with van der Waals surface area (Å²) in [7, 11) is 0. The van der Waals surface area contributed by atoms with Crippen LogP contribution in [0, 0.1) is 13.8 Å². The van der Waals surface area contributed by atoms with Crippen molar-refractivity contribution in [3.63, 3.8) is 0 Å². The molecular formula is C20H26N6O2S2. The fraction of sp³-hybridized carbons (Fsp3) is 0.450. The zero-order valence-corrected chi connectivity index (χ0v) is 19.3. The monoisotopic (exact) mass is 446 g/mol. The van der Waals surface area contributed by atoms with E-state index in [1.165, 1.54) is 28.7 Å². The van der Waals surface area contributed by atoms with Crippen molar-refractivity contribution in [2.45, 2.75) is 58.8 Å². The average molecular weight is 447 g/mol. The molecule has 3 rings (SSSR count). The van der Waals surface area contributed by atoms with Crippen molar-refractivity contribution in [1.29, 1.82) is 0 Å². The largest absolute Gasteiger partial charge is 0.485 e. The van der Waals surface area contributed by atoms with Crippen molar-refractivity contribution in [3.8, 4) is 5.75 Å². The van der Waals surface area contributed by atoms with E-state index in [9.17, 15) is 4.79 Å². The third-order valence-corrected chi connectivity index (χ3v) is 6.17. The molecule has 30 heavy (non-hydrogen) atoms.